The molecule has 0 spiro atoms. The van der Waals surface area contributed by atoms with Gasteiger partial charge in [0.2, 0.25) is 5.91 Å². The van der Waals surface area contributed by atoms with Gasteiger partial charge in [0.05, 0.1) is 6.61 Å². The predicted molar refractivity (Wildman–Crippen MR) is 93.7 cm³/mol. The summed E-state index contributed by atoms with van der Waals surface area (Å²) in [5.41, 5.74) is 6.67. The second-order valence-electron chi connectivity index (χ2n) is 5.57. The molecule has 6 heteroatoms. The molecule has 2 aromatic carbocycles. The molecule has 132 valence electrons. The molecule has 2 amide bonds. The molecule has 0 radical (unpaired) electrons. The quantitative estimate of drug-likeness (QED) is 0.371. The molecule has 0 unspecified atom stereocenters. The molecule has 25 heavy (non-hydrogen) atoms. The van der Waals surface area contributed by atoms with Gasteiger partial charge in [-0.3, -0.25) is 19.6 Å². The molecule has 0 bridgehead atoms. The summed E-state index contributed by atoms with van der Waals surface area (Å²) < 4.78 is 0. The summed E-state index contributed by atoms with van der Waals surface area (Å²) in [6, 6.07) is 17.3. The minimum absolute atomic E-state index is 0.274. The van der Waals surface area contributed by atoms with Crippen molar-refractivity contribution in [3.05, 3.63) is 60.2 Å². The number of rotatable bonds is 9. The number of hydrogen-bond acceptors (Lipinski definition) is 4. The summed E-state index contributed by atoms with van der Waals surface area (Å²) in [5.74, 6) is -0.688. The molecular weight excluding hydrogens is 320 g/mol. The van der Waals surface area contributed by atoms with Crippen molar-refractivity contribution in [1.29, 1.82) is 0 Å². The smallest absolute Gasteiger partial charge is 0.274 e. The number of benzene rings is 2. The molecule has 0 atom stereocenters. The van der Waals surface area contributed by atoms with Crippen molar-refractivity contribution in [2.24, 2.45) is 0 Å². The molecule has 2 rings (SSSR count). The molecule has 2 aromatic rings. The van der Waals surface area contributed by atoms with Crippen molar-refractivity contribution in [1.82, 2.24) is 11.0 Å². The van der Waals surface area contributed by atoms with Gasteiger partial charge >= 0.3 is 0 Å². The van der Waals surface area contributed by atoms with Crippen molar-refractivity contribution in [3.8, 4) is 11.1 Å². The van der Waals surface area contributed by atoms with E-state index >= 15 is 0 Å². The van der Waals surface area contributed by atoms with E-state index in [2.05, 4.69) is 5.48 Å². The van der Waals surface area contributed by atoms with E-state index in [0.717, 1.165) is 17.5 Å². The standard InChI is InChI=1S/C19H22N2O4/c22-18(20-24)9-5-2-6-14-25-21-19(23)17-12-10-16(11-13-17)15-7-3-1-4-8-15/h1,3-4,7-8,10-13,24H,2,5-6,9,14H2,(H,20,22)(H,21,23). The van der Waals surface area contributed by atoms with Crippen LogP contribution in [0.5, 0.6) is 0 Å². The first kappa shape index (κ1) is 18.6. The average Bonchev–Trinajstić information content (AvgIpc) is 2.67. The molecule has 0 aliphatic carbocycles. The number of amides is 2. The third-order valence-electron chi connectivity index (χ3n) is 3.69. The topological polar surface area (TPSA) is 87.7 Å². The molecule has 0 saturated heterocycles. The summed E-state index contributed by atoms with van der Waals surface area (Å²) in [5, 5.41) is 8.35. The molecule has 0 heterocycles. The second kappa shape index (κ2) is 10.2. The highest BCUT2D eigenvalue weighted by Crippen LogP contribution is 2.19. The van der Waals surface area contributed by atoms with Crippen molar-refractivity contribution in [3.63, 3.8) is 0 Å². The number of hydrogen-bond donors (Lipinski definition) is 3. The van der Waals surface area contributed by atoms with Gasteiger partial charge in [-0.05, 0) is 36.1 Å². The normalized spacial score (nSPS) is 10.3. The minimum Gasteiger partial charge on any atom is -0.289 e. The molecule has 0 fully saturated rings. The fraction of sp³-hybridized carbons (Fsp3) is 0.263. The van der Waals surface area contributed by atoms with Crippen molar-refractivity contribution in [2.75, 3.05) is 6.61 Å². The first-order valence-corrected chi connectivity index (χ1v) is 8.21. The Morgan fingerprint density at radius 2 is 1.56 bits per heavy atom. The van der Waals surface area contributed by atoms with Crippen LogP contribution >= 0.6 is 0 Å². The summed E-state index contributed by atoms with van der Waals surface area (Å²) in [7, 11) is 0. The van der Waals surface area contributed by atoms with Crippen LogP contribution < -0.4 is 11.0 Å². The van der Waals surface area contributed by atoms with Gasteiger partial charge in [-0.1, -0.05) is 48.9 Å². The zero-order valence-corrected chi connectivity index (χ0v) is 13.9. The first-order valence-electron chi connectivity index (χ1n) is 8.21. The predicted octanol–water partition coefficient (Wildman–Crippen LogP) is 3.08. The van der Waals surface area contributed by atoms with E-state index in [0.29, 0.717) is 25.0 Å². The van der Waals surface area contributed by atoms with Gasteiger partial charge in [-0.15, -0.1) is 0 Å². The van der Waals surface area contributed by atoms with E-state index in [4.69, 9.17) is 10.0 Å². The van der Waals surface area contributed by atoms with Crippen molar-refractivity contribution in [2.45, 2.75) is 25.7 Å². The Bertz CT molecular complexity index is 672. The van der Waals surface area contributed by atoms with Crippen LogP contribution in [0.4, 0.5) is 0 Å². The van der Waals surface area contributed by atoms with Gasteiger partial charge in [0.1, 0.15) is 0 Å². The van der Waals surface area contributed by atoms with E-state index in [9.17, 15) is 9.59 Å². The fourth-order valence-corrected chi connectivity index (χ4v) is 2.31. The van der Waals surface area contributed by atoms with E-state index < -0.39 is 5.91 Å². The number of hydroxylamine groups is 2. The van der Waals surface area contributed by atoms with Crippen molar-refractivity contribution >= 4 is 11.8 Å². The van der Waals surface area contributed by atoms with Crippen LogP contribution in [-0.2, 0) is 9.63 Å². The third-order valence-corrected chi connectivity index (χ3v) is 3.69. The van der Waals surface area contributed by atoms with E-state index in [-0.39, 0.29) is 12.3 Å². The average molecular weight is 342 g/mol. The first-order chi connectivity index (χ1) is 12.2. The third kappa shape index (κ3) is 6.37. The Balaban J connectivity index is 1.68. The maximum absolute atomic E-state index is 12.0. The molecule has 3 N–H and O–H groups in total. The Kier molecular flexibility index (Phi) is 7.62. The lowest BCUT2D eigenvalue weighted by Crippen LogP contribution is -2.24. The van der Waals surface area contributed by atoms with Gasteiger partial charge in [0.15, 0.2) is 0 Å². The Morgan fingerprint density at radius 3 is 2.24 bits per heavy atom. The molecule has 0 aromatic heterocycles. The number of carbonyl (C=O) groups is 2. The lowest BCUT2D eigenvalue weighted by molar-refractivity contribution is -0.129. The maximum atomic E-state index is 12.0. The van der Waals surface area contributed by atoms with Crippen LogP contribution in [0.25, 0.3) is 11.1 Å². The van der Waals surface area contributed by atoms with Crippen LogP contribution in [0.15, 0.2) is 54.6 Å². The van der Waals surface area contributed by atoms with Gasteiger partial charge in [0, 0.05) is 12.0 Å². The summed E-state index contributed by atoms with van der Waals surface area (Å²) in [6.45, 7) is 0.370. The van der Waals surface area contributed by atoms with Crippen LogP contribution in [0.2, 0.25) is 0 Å². The number of carbonyl (C=O) groups excluding carboxylic acids is 2. The van der Waals surface area contributed by atoms with Gasteiger partial charge < -0.3 is 0 Å². The van der Waals surface area contributed by atoms with Crippen molar-refractivity contribution < 1.29 is 19.6 Å². The maximum Gasteiger partial charge on any atom is 0.274 e. The monoisotopic (exact) mass is 342 g/mol. The second-order valence-corrected chi connectivity index (χ2v) is 5.57. The van der Waals surface area contributed by atoms with E-state index in [1.165, 1.54) is 0 Å². The summed E-state index contributed by atoms with van der Waals surface area (Å²) >= 11 is 0. The molecule has 0 aliphatic heterocycles. The zero-order chi connectivity index (χ0) is 17.9. The molecular formula is C19H22N2O4. The SMILES string of the molecule is O=C(CCCCCONC(=O)c1ccc(-c2ccccc2)cc1)NO. The van der Waals surface area contributed by atoms with Crippen LogP contribution in [0, 0.1) is 0 Å². The lowest BCUT2D eigenvalue weighted by atomic mass is 10.0. The van der Waals surface area contributed by atoms with Crippen LogP contribution in [-0.4, -0.2) is 23.6 Å². The minimum atomic E-state index is -0.395. The Labute approximate surface area is 146 Å². The van der Waals surface area contributed by atoms with Crippen LogP contribution in [0.3, 0.4) is 0 Å². The molecule has 6 nitrogen and oxygen atoms in total. The summed E-state index contributed by atoms with van der Waals surface area (Å²) in [6.07, 6.45) is 2.42. The molecule has 0 aliphatic rings. The highest BCUT2D eigenvalue weighted by Gasteiger charge is 2.06. The van der Waals surface area contributed by atoms with Gasteiger partial charge in [0.25, 0.3) is 5.91 Å². The van der Waals surface area contributed by atoms with E-state index in [1.807, 2.05) is 42.5 Å². The van der Waals surface area contributed by atoms with Gasteiger partial charge in [-0.25, -0.2) is 11.0 Å². The lowest BCUT2D eigenvalue weighted by Gasteiger charge is -2.07. The molecule has 0 saturated carbocycles. The number of nitrogens with one attached hydrogen (secondary N) is 2. The van der Waals surface area contributed by atoms with E-state index in [1.54, 1.807) is 17.6 Å². The highest BCUT2D eigenvalue weighted by atomic mass is 16.6. The Morgan fingerprint density at radius 1 is 0.880 bits per heavy atom. The highest BCUT2D eigenvalue weighted by molar-refractivity contribution is 5.93. The van der Waals surface area contributed by atoms with Crippen LogP contribution in [0.1, 0.15) is 36.0 Å². The zero-order valence-electron chi connectivity index (χ0n) is 13.9. The number of unbranched alkanes of at least 4 members (excludes halogenated alkanes) is 2. The fourth-order valence-electron chi connectivity index (χ4n) is 2.31. The Hall–Kier alpha value is -2.70. The largest absolute Gasteiger partial charge is 0.289 e. The van der Waals surface area contributed by atoms with Gasteiger partial charge in [-0.2, -0.15) is 0 Å². The summed E-state index contributed by atoms with van der Waals surface area (Å²) in [4.78, 5) is 28.0.